The number of benzene rings is 2. The highest BCUT2D eigenvalue weighted by atomic mass is 16.5. The van der Waals surface area contributed by atoms with Gasteiger partial charge >= 0.3 is 11.8 Å². The summed E-state index contributed by atoms with van der Waals surface area (Å²) in [4.78, 5) is 40.2. The van der Waals surface area contributed by atoms with E-state index in [1.165, 1.54) is 24.3 Å². The normalized spacial score (nSPS) is 14.9. The smallest absolute Gasteiger partial charge is 0.313 e. The summed E-state index contributed by atoms with van der Waals surface area (Å²) in [6.45, 7) is 3.03. The highest BCUT2D eigenvalue weighted by Crippen LogP contribution is 2.24. The third-order valence-electron chi connectivity index (χ3n) is 5.37. The summed E-state index contributed by atoms with van der Waals surface area (Å²) in [6.07, 6.45) is 0. The monoisotopic (exact) mass is 439 g/mol. The molecule has 1 saturated heterocycles. The Morgan fingerprint density at radius 1 is 1.00 bits per heavy atom. The van der Waals surface area contributed by atoms with E-state index in [1.807, 2.05) is 43.3 Å². The molecule has 1 fully saturated rings. The Labute approximate surface area is 187 Å². The predicted molar refractivity (Wildman–Crippen MR) is 123 cm³/mol. The van der Waals surface area contributed by atoms with E-state index < -0.39 is 17.7 Å². The van der Waals surface area contributed by atoms with E-state index in [2.05, 4.69) is 15.5 Å². The summed E-state index contributed by atoms with van der Waals surface area (Å²) < 4.78 is 5.46. The van der Waals surface area contributed by atoms with Gasteiger partial charge in [0.2, 0.25) is 5.91 Å². The average molecular weight is 440 g/mol. The van der Waals surface area contributed by atoms with Gasteiger partial charge in [-0.15, -0.1) is 0 Å². The number of morpholine rings is 1. The van der Waals surface area contributed by atoms with Gasteiger partial charge in [-0.2, -0.15) is 0 Å². The lowest BCUT2D eigenvalue weighted by molar-refractivity contribution is -0.136. The van der Waals surface area contributed by atoms with Crippen LogP contribution in [0.25, 0.3) is 0 Å². The van der Waals surface area contributed by atoms with E-state index in [1.54, 1.807) is 0 Å². The van der Waals surface area contributed by atoms with Crippen LogP contribution in [0.5, 0.6) is 0 Å². The van der Waals surface area contributed by atoms with Crippen LogP contribution >= 0.6 is 0 Å². The summed E-state index contributed by atoms with van der Waals surface area (Å²) >= 11 is 0. The highest BCUT2D eigenvalue weighted by Gasteiger charge is 2.24. The molecule has 3 amide bonds. The lowest BCUT2D eigenvalue weighted by atomic mass is 10.0. The molecule has 0 radical (unpaired) electrons. The molecular weight excluding hydrogens is 410 g/mol. The largest absolute Gasteiger partial charge is 0.379 e. The third kappa shape index (κ3) is 6.05. The van der Waals surface area contributed by atoms with Gasteiger partial charge < -0.3 is 26.0 Å². The Morgan fingerprint density at radius 3 is 2.19 bits per heavy atom. The van der Waals surface area contributed by atoms with Gasteiger partial charge in [0.15, 0.2) is 0 Å². The van der Waals surface area contributed by atoms with Crippen LogP contribution < -0.4 is 21.3 Å². The lowest BCUT2D eigenvalue weighted by Crippen LogP contribution is -2.45. The van der Waals surface area contributed by atoms with Gasteiger partial charge in [-0.05, 0) is 42.0 Å². The number of carbonyl (C=O) groups excluding carboxylic acids is 3. The van der Waals surface area contributed by atoms with Crippen LogP contribution in [0.4, 0.5) is 11.4 Å². The second-order valence-electron chi connectivity index (χ2n) is 7.76. The first-order chi connectivity index (χ1) is 15.3. The van der Waals surface area contributed by atoms with E-state index in [0.717, 1.165) is 24.3 Å². The van der Waals surface area contributed by atoms with Crippen molar-refractivity contribution in [3.63, 3.8) is 0 Å². The molecule has 1 unspecified atom stereocenters. The molecule has 0 bridgehead atoms. The van der Waals surface area contributed by atoms with Crippen LogP contribution in [0.15, 0.2) is 48.5 Å². The summed E-state index contributed by atoms with van der Waals surface area (Å²) in [5, 5.41) is 5.28. The van der Waals surface area contributed by atoms with Crippen molar-refractivity contribution in [1.29, 1.82) is 0 Å². The number of nitrogens with two attached hydrogens (primary N) is 1. The van der Waals surface area contributed by atoms with Crippen LogP contribution in [0, 0.1) is 0 Å². The molecule has 3 rings (SSSR count). The molecule has 4 N–H and O–H groups in total. The molecule has 0 aliphatic carbocycles. The van der Waals surface area contributed by atoms with Crippen LogP contribution in [-0.4, -0.2) is 69.6 Å². The molecule has 170 valence electrons. The van der Waals surface area contributed by atoms with E-state index in [0.29, 0.717) is 24.5 Å². The molecule has 2 aromatic carbocycles. The van der Waals surface area contributed by atoms with E-state index >= 15 is 0 Å². The van der Waals surface area contributed by atoms with Gasteiger partial charge in [0.05, 0.1) is 19.3 Å². The maximum absolute atomic E-state index is 12.4. The first-order valence-electron chi connectivity index (χ1n) is 10.4. The van der Waals surface area contributed by atoms with Gasteiger partial charge in [-0.25, -0.2) is 0 Å². The Hall–Kier alpha value is -3.43. The first-order valence-corrected chi connectivity index (χ1v) is 10.4. The first kappa shape index (κ1) is 23.2. The minimum absolute atomic E-state index is 0.0817. The third-order valence-corrected chi connectivity index (χ3v) is 5.37. The summed E-state index contributed by atoms with van der Waals surface area (Å²) in [5.41, 5.74) is 8.07. The van der Waals surface area contributed by atoms with E-state index in [-0.39, 0.29) is 12.6 Å². The van der Waals surface area contributed by atoms with Crippen molar-refractivity contribution in [1.82, 2.24) is 10.2 Å². The van der Waals surface area contributed by atoms with Crippen molar-refractivity contribution in [2.45, 2.75) is 6.04 Å². The highest BCUT2D eigenvalue weighted by molar-refractivity contribution is 6.39. The number of amides is 3. The zero-order chi connectivity index (χ0) is 23.1. The Morgan fingerprint density at radius 2 is 1.62 bits per heavy atom. The van der Waals surface area contributed by atoms with Crippen LogP contribution in [0.3, 0.4) is 0 Å². The molecule has 2 aromatic rings. The molecule has 1 aliphatic rings. The molecule has 0 saturated carbocycles. The SMILES string of the molecule is CN(C)c1ccc(C(CNC(=O)C(=O)Nc2ccc(C(N)=O)cc2)N2CCOCC2)cc1. The van der Waals surface area contributed by atoms with Crippen molar-refractivity contribution in [2.24, 2.45) is 5.73 Å². The van der Waals surface area contributed by atoms with Gasteiger partial charge in [0, 0.05) is 50.7 Å². The fraction of sp³-hybridized carbons (Fsp3) is 0.348. The van der Waals surface area contributed by atoms with Gasteiger partial charge in [0.1, 0.15) is 0 Å². The molecule has 0 aromatic heterocycles. The number of hydrogen-bond donors (Lipinski definition) is 3. The summed E-state index contributed by atoms with van der Waals surface area (Å²) in [6, 6.07) is 14.1. The van der Waals surface area contributed by atoms with Crippen molar-refractivity contribution < 1.29 is 19.1 Å². The fourth-order valence-corrected chi connectivity index (χ4v) is 3.52. The molecule has 1 atom stereocenters. The number of nitrogens with zero attached hydrogens (tertiary/aromatic N) is 2. The molecule has 0 spiro atoms. The molecule has 1 aliphatic heterocycles. The van der Waals surface area contributed by atoms with Crippen LogP contribution in [0.1, 0.15) is 22.0 Å². The Balaban J connectivity index is 1.64. The minimum atomic E-state index is -0.777. The zero-order valence-corrected chi connectivity index (χ0v) is 18.3. The maximum atomic E-state index is 12.4. The van der Waals surface area contributed by atoms with Gasteiger partial charge in [-0.1, -0.05) is 12.1 Å². The standard InChI is InChI=1S/C23H29N5O4/c1-27(2)19-9-5-16(6-10-19)20(28-11-13-32-14-12-28)15-25-22(30)23(31)26-18-7-3-17(4-8-18)21(24)29/h3-10,20H,11-15H2,1-2H3,(H2,24,29)(H,25,30)(H,26,31). The number of rotatable bonds is 7. The molecule has 32 heavy (non-hydrogen) atoms. The van der Waals surface area contributed by atoms with Crippen LogP contribution in [-0.2, 0) is 14.3 Å². The zero-order valence-electron chi connectivity index (χ0n) is 18.3. The van der Waals surface area contributed by atoms with Crippen LogP contribution in [0.2, 0.25) is 0 Å². The van der Waals surface area contributed by atoms with Crippen molar-refractivity contribution in [3.05, 3.63) is 59.7 Å². The van der Waals surface area contributed by atoms with Crippen molar-refractivity contribution >= 4 is 29.1 Å². The second kappa shape index (κ2) is 10.7. The minimum Gasteiger partial charge on any atom is -0.379 e. The summed E-state index contributed by atoms with van der Waals surface area (Å²) in [7, 11) is 3.96. The van der Waals surface area contributed by atoms with Crippen molar-refractivity contribution in [2.75, 3.05) is 57.2 Å². The summed E-state index contributed by atoms with van der Waals surface area (Å²) in [5.74, 6) is -2.07. The molecule has 9 heteroatoms. The van der Waals surface area contributed by atoms with Crippen molar-refractivity contribution in [3.8, 4) is 0 Å². The number of nitrogens with one attached hydrogen (secondary N) is 2. The topological polar surface area (TPSA) is 117 Å². The van der Waals surface area contributed by atoms with Gasteiger partial charge in [0.25, 0.3) is 0 Å². The molecule has 9 nitrogen and oxygen atoms in total. The molecular formula is C23H29N5O4. The maximum Gasteiger partial charge on any atom is 0.313 e. The predicted octanol–water partition coefficient (Wildman–Crippen LogP) is 0.980. The number of ether oxygens (including phenoxy) is 1. The number of hydrogen-bond acceptors (Lipinski definition) is 6. The number of primary amides is 1. The Kier molecular flexibility index (Phi) is 7.80. The molecule has 1 heterocycles. The number of carbonyl (C=O) groups is 3. The van der Waals surface area contributed by atoms with E-state index in [4.69, 9.17) is 10.5 Å². The second-order valence-corrected chi connectivity index (χ2v) is 7.76. The number of anilines is 2. The fourth-order valence-electron chi connectivity index (χ4n) is 3.52. The Bertz CT molecular complexity index is 938. The van der Waals surface area contributed by atoms with Gasteiger partial charge in [-0.3, -0.25) is 19.3 Å². The van der Waals surface area contributed by atoms with E-state index in [9.17, 15) is 14.4 Å². The quantitative estimate of drug-likeness (QED) is 0.554. The average Bonchev–Trinajstić information content (AvgIpc) is 2.80. The lowest BCUT2D eigenvalue weighted by Gasteiger charge is -2.35.